The van der Waals surface area contributed by atoms with E-state index in [1.54, 1.807) is 24.0 Å². The molecule has 0 atom stereocenters. The summed E-state index contributed by atoms with van der Waals surface area (Å²) in [4.78, 5) is 21.1. The van der Waals surface area contributed by atoms with E-state index in [2.05, 4.69) is 16.9 Å². The number of nitrogens with zero attached hydrogens (tertiary/aromatic N) is 2. The van der Waals surface area contributed by atoms with Crippen LogP contribution in [0.4, 0.5) is 0 Å². The van der Waals surface area contributed by atoms with E-state index in [9.17, 15) is 4.79 Å². The van der Waals surface area contributed by atoms with Crippen LogP contribution >= 0.6 is 11.8 Å². The summed E-state index contributed by atoms with van der Waals surface area (Å²) in [5.41, 5.74) is 2.73. The van der Waals surface area contributed by atoms with Crippen LogP contribution in [0.15, 0.2) is 40.4 Å². The molecular formula is C15H16N2OS. The van der Waals surface area contributed by atoms with Crippen molar-refractivity contribution >= 4 is 17.5 Å². The largest absolute Gasteiger partial charge is 0.292 e. The molecule has 19 heavy (non-hydrogen) atoms. The maximum Gasteiger partial charge on any atom is 0.180 e. The van der Waals surface area contributed by atoms with Gasteiger partial charge in [0, 0.05) is 23.2 Å². The number of pyridine rings is 2. The Kier molecular flexibility index (Phi) is 4.32. The summed E-state index contributed by atoms with van der Waals surface area (Å²) < 4.78 is 0. The van der Waals surface area contributed by atoms with Gasteiger partial charge in [-0.1, -0.05) is 18.7 Å². The third kappa shape index (κ3) is 3.64. The van der Waals surface area contributed by atoms with Gasteiger partial charge in [-0.05, 0) is 43.7 Å². The van der Waals surface area contributed by atoms with Crippen molar-refractivity contribution in [3.63, 3.8) is 0 Å². The van der Waals surface area contributed by atoms with Crippen LogP contribution in [-0.4, -0.2) is 15.8 Å². The van der Waals surface area contributed by atoms with E-state index in [1.165, 1.54) is 5.56 Å². The number of carbonyl (C=O) groups excluding carboxylic acids is 1. The van der Waals surface area contributed by atoms with Gasteiger partial charge in [0.05, 0.1) is 0 Å². The monoisotopic (exact) mass is 272 g/mol. The summed E-state index contributed by atoms with van der Waals surface area (Å²) in [6, 6.07) is 7.78. The minimum atomic E-state index is 0.0704. The Morgan fingerprint density at radius 3 is 2.63 bits per heavy atom. The first kappa shape index (κ1) is 13.7. The van der Waals surface area contributed by atoms with Crippen molar-refractivity contribution in [3.8, 4) is 0 Å². The lowest BCUT2D eigenvalue weighted by Crippen LogP contribution is -1.99. The van der Waals surface area contributed by atoms with E-state index in [1.807, 2.05) is 32.0 Å². The molecule has 2 rings (SSSR count). The molecule has 0 N–H and O–H groups in total. The van der Waals surface area contributed by atoms with Crippen molar-refractivity contribution in [1.82, 2.24) is 9.97 Å². The lowest BCUT2D eigenvalue weighted by molar-refractivity contribution is 0.0983. The van der Waals surface area contributed by atoms with E-state index in [-0.39, 0.29) is 5.78 Å². The number of ketones is 1. The van der Waals surface area contributed by atoms with Crippen molar-refractivity contribution < 1.29 is 4.79 Å². The molecule has 0 radical (unpaired) electrons. The molecule has 2 heterocycles. The number of aromatic nitrogens is 2. The Balaban J connectivity index is 2.17. The average Bonchev–Trinajstić information content (AvgIpc) is 2.37. The van der Waals surface area contributed by atoms with Crippen LogP contribution in [0.3, 0.4) is 0 Å². The fourth-order valence-electron chi connectivity index (χ4n) is 1.76. The van der Waals surface area contributed by atoms with Gasteiger partial charge >= 0.3 is 0 Å². The number of hydrogen-bond donors (Lipinski definition) is 0. The Morgan fingerprint density at radius 1 is 1.26 bits per heavy atom. The van der Waals surface area contributed by atoms with Crippen LogP contribution in [0.1, 0.15) is 35.1 Å². The van der Waals surface area contributed by atoms with Gasteiger partial charge in [0.2, 0.25) is 0 Å². The molecule has 0 bridgehead atoms. The van der Waals surface area contributed by atoms with Gasteiger partial charge in [-0.2, -0.15) is 0 Å². The van der Waals surface area contributed by atoms with Crippen LogP contribution in [0.5, 0.6) is 0 Å². The van der Waals surface area contributed by atoms with Gasteiger partial charge in [-0.25, -0.2) is 4.98 Å². The molecule has 0 saturated heterocycles. The number of hydrogen-bond acceptors (Lipinski definition) is 4. The van der Waals surface area contributed by atoms with Gasteiger partial charge < -0.3 is 0 Å². The molecule has 0 aliphatic rings. The lowest BCUT2D eigenvalue weighted by Gasteiger charge is -2.04. The van der Waals surface area contributed by atoms with Crippen molar-refractivity contribution in [2.45, 2.75) is 37.1 Å². The van der Waals surface area contributed by atoms with Crippen LogP contribution in [-0.2, 0) is 0 Å². The molecule has 0 saturated carbocycles. The molecule has 0 spiro atoms. The number of Topliss-reactive ketones (excluding diaryl/α,β-unsaturated/α-hetero) is 1. The maximum atomic E-state index is 11.5. The molecule has 0 unspecified atom stereocenters. The van der Waals surface area contributed by atoms with E-state index in [0.717, 1.165) is 15.6 Å². The SMILES string of the molecule is CCC(=O)c1ccc(Sc2cc(C)cc(C)n2)cn1. The Labute approximate surface area is 117 Å². The summed E-state index contributed by atoms with van der Waals surface area (Å²) in [7, 11) is 0. The molecule has 98 valence electrons. The zero-order valence-electron chi connectivity index (χ0n) is 11.3. The van der Waals surface area contributed by atoms with Crippen LogP contribution in [0.2, 0.25) is 0 Å². The smallest absolute Gasteiger partial charge is 0.180 e. The summed E-state index contributed by atoms with van der Waals surface area (Å²) in [6.07, 6.45) is 2.21. The molecule has 2 aromatic heterocycles. The molecule has 0 aromatic carbocycles. The fourth-order valence-corrected chi connectivity index (χ4v) is 2.68. The number of carbonyl (C=O) groups is 1. The third-order valence-corrected chi connectivity index (χ3v) is 3.54. The first-order chi connectivity index (χ1) is 9.08. The molecule has 0 fully saturated rings. The highest BCUT2D eigenvalue weighted by Crippen LogP contribution is 2.26. The lowest BCUT2D eigenvalue weighted by atomic mass is 10.2. The second-order valence-corrected chi connectivity index (χ2v) is 5.48. The van der Waals surface area contributed by atoms with Gasteiger partial charge in [0.1, 0.15) is 10.7 Å². The Hall–Kier alpha value is -1.68. The molecule has 0 amide bonds. The first-order valence-corrected chi connectivity index (χ1v) is 7.02. The highest BCUT2D eigenvalue weighted by molar-refractivity contribution is 7.99. The van der Waals surface area contributed by atoms with Crippen LogP contribution < -0.4 is 0 Å². The van der Waals surface area contributed by atoms with Crippen molar-refractivity contribution in [2.24, 2.45) is 0 Å². The molecule has 0 aliphatic heterocycles. The molecule has 3 nitrogen and oxygen atoms in total. The first-order valence-electron chi connectivity index (χ1n) is 6.21. The summed E-state index contributed by atoms with van der Waals surface area (Å²) >= 11 is 1.56. The molecular weight excluding hydrogens is 256 g/mol. The topological polar surface area (TPSA) is 42.9 Å². The molecule has 0 aliphatic carbocycles. The van der Waals surface area contributed by atoms with Gasteiger partial charge in [0.15, 0.2) is 5.78 Å². The highest BCUT2D eigenvalue weighted by Gasteiger charge is 2.06. The summed E-state index contributed by atoms with van der Waals surface area (Å²) in [6.45, 7) is 5.88. The Morgan fingerprint density at radius 2 is 2.05 bits per heavy atom. The molecule has 2 aromatic rings. The quantitative estimate of drug-likeness (QED) is 0.793. The predicted octanol–water partition coefficient (Wildman–Crippen LogP) is 3.84. The van der Waals surface area contributed by atoms with E-state index < -0.39 is 0 Å². The number of aryl methyl sites for hydroxylation is 2. The third-order valence-electron chi connectivity index (χ3n) is 2.64. The number of rotatable bonds is 4. The second kappa shape index (κ2) is 5.97. The molecule has 4 heteroatoms. The van der Waals surface area contributed by atoms with Crippen LogP contribution in [0, 0.1) is 13.8 Å². The van der Waals surface area contributed by atoms with Gasteiger partial charge in [0.25, 0.3) is 0 Å². The zero-order valence-corrected chi connectivity index (χ0v) is 12.1. The van der Waals surface area contributed by atoms with E-state index in [4.69, 9.17) is 0 Å². The highest BCUT2D eigenvalue weighted by atomic mass is 32.2. The predicted molar refractivity (Wildman–Crippen MR) is 76.7 cm³/mol. The standard InChI is InChI=1S/C15H16N2OS/c1-4-14(18)13-6-5-12(9-16-13)19-15-8-10(2)7-11(3)17-15/h5-9H,4H2,1-3H3. The minimum absolute atomic E-state index is 0.0704. The van der Waals surface area contributed by atoms with Crippen molar-refractivity contribution in [3.05, 3.63) is 47.4 Å². The summed E-state index contributed by atoms with van der Waals surface area (Å²) in [5, 5.41) is 0.953. The summed E-state index contributed by atoms with van der Waals surface area (Å²) in [5.74, 6) is 0.0704. The zero-order chi connectivity index (χ0) is 13.8. The van der Waals surface area contributed by atoms with Gasteiger partial charge in [-0.15, -0.1) is 0 Å². The minimum Gasteiger partial charge on any atom is -0.292 e. The maximum absolute atomic E-state index is 11.5. The Bertz CT molecular complexity index is 573. The van der Waals surface area contributed by atoms with Crippen molar-refractivity contribution in [1.29, 1.82) is 0 Å². The average molecular weight is 272 g/mol. The van der Waals surface area contributed by atoms with E-state index in [0.29, 0.717) is 12.1 Å². The van der Waals surface area contributed by atoms with E-state index >= 15 is 0 Å². The normalized spacial score (nSPS) is 10.5. The van der Waals surface area contributed by atoms with Crippen LogP contribution in [0.25, 0.3) is 0 Å². The van der Waals surface area contributed by atoms with Gasteiger partial charge in [-0.3, -0.25) is 9.78 Å². The second-order valence-electron chi connectivity index (χ2n) is 4.38. The fraction of sp³-hybridized carbons (Fsp3) is 0.267. The van der Waals surface area contributed by atoms with Crippen molar-refractivity contribution in [2.75, 3.05) is 0 Å².